The third-order valence-corrected chi connectivity index (χ3v) is 1.86. The van der Waals surface area contributed by atoms with Crippen LogP contribution >= 0.6 is 11.6 Å². The second kappa shape index (κ2) is 2.60. The molecule has 3 nitrogen and oxygen atoms in total. The standard InChI is InChI=1S/C8H5ClN2O/c9-6-2-1-5-4-10-11-8(12)7(5)3-6/h1-4H,(H,11,12). The molecule has 0 aliphatic carbocycles. The van der Waals surface area contributed by atoms with Crippen molar-refractivity contribution in [3.8, 4) is 0 Å². The smallest absolute Gasteiger partial charge is 0.267 e. The lowest BCUT2D eigenvalue weighted by Crippen LogP contribution is -2.06. The third-order valence-electron chi connectivity index (χ3n) is 1.63. The average molecular weight is 181 g/mol. The van der Waals surface area contributed by atoms with E-state index in [0.29, 0.717) is 10.4 Å². The lowest BCUT2D eigenvalue weighted by atomic mass is 10.2. The predicted molar refractivity (Wildman–Crippen MR) is 47.4 cm³/mol. The second-order valence-electron chi connectivity index (χ2n) is 2.43. The Hall–Kier alpha value is -1.35. The fourth-order valence-electron chi connectivity index (χ4n) is 1.06. The summed E-state index contributed by atoms with van der Waals surface area (Å²) in [6.07, 6.45) is 1.59. The van der Waals surface area contributed by atoms with Crippen LogP contribution in [0.25, 0.3) is 10.8 Å². The molecule has 1 aromatic carbocycles. The largest absolute Gasteiger partial charge is 0.272 e. The van der Waals surface area contributed by atoms with Crippen molar-refractivity contribution in [2.45, 2.75) is 0 Å². The summed E-state index contributed by atoms with van der Waals surface area (Å²) < 4.78 is 0. The Morgan fingerprint density at radius 3 is 3.08 bits per heavy atom. The molecular weight excluding hydrogens is 176 g/mol. The maximum atomic E-state index is 11.2. The number of aromatic amines is 1. The summed E-state index contributed by atoms with van der Waals surface area (Å²) in [5, 5.41) is 7.92. The van der Waals surface area contributed by atoms with Crippen LogP contribution < -0.4 is 5.56 Å². The molecule has 0 aliphatic heterocycles. The molecule has 60 valence electrons. The van der Waals surface area contributed by atoms with E-state index in [1.54, 1.807) is 24.4 Å². The Balaban J connectivity index is 2.98. The molecule has 0 bridgehead atoms. The molecule has 1 heterocycles. The number of aromatic nitrogens is 2. The van der Waals surface area contributed by atoms with E-state index < -0.39 is 0 Å². The molecule has 0 amide bonds. The number of nitrogens with one attached hydrogen (secondary N) is 1. The molecule has 1 N–H and O–H groups in total. The monoisotopic (exact) mass is 180 g/mol. The van der Waals surface area contributed by atoms with E-state index in [2.05, 4.69) is 10.2 Å². The van der Waals surface area contributed by atoms with E-state index in [9.17, 15) is 4.79 Å². The Labute approximate surface area is 73.0 Å². The van der Waals surface area contributed by atoms with Gasteiger partial charge in [-0.05, 0) is 12.1 Å². The summed E-state index contributed by atoms with van der Waals surface area (Å²) in [5.74, 6) is 0. The van der Waals surface area contributed by atoms with Gasteiger partial charge in [0.05, 0.1) is 11.6 Å². The number of hydrogen-bond acceptors (Lipinski definition) is 2. The zero-order valence-electron chi connectivity index (χ0n) is 6.04. The number of halogens is 1. The first-order valence-corrected chi connectivity index (χ1v) is 3.78. The van der Waals surface area contributed by atoms with Gasteiger partial charge in [-0.2, -0.15) is 5.10 Å². The second-order valence-corrected chi connectivity index (χ2v) is 2.87. The van der Waals surface area contributed by atoms with Gasteiger partial charge in [-0.1, -0.05) is 17.7 Å². The van der Waals surface area contributed by atoms with Gasteiger partial charge in [-0.25, -0.2) is 5.10 Å². The number of hydrogen-bond donors (Lipinski definition) is 1. The van der Waals surface area contributed by atoms with Crippen molar-refractivity contribution >= 4 is 22.4 Å². The van der Waals surface area contributed by atoms with Gasteiger partial charge < -0.3 is 0 Å². The van der Waals surface area contributed by atoms with Crippen molar-refractivity contribution in [1.82, 2.24) is 10.2 Å². The minimum atomic E-state index is -0.213. The van der Waals surface area contributed by atoms with Crippen LogP contribution in [-0.2, 0) is 0 Å². The summed E-state index contributed by atoms with van der Waals surface area (Å²) in [6.45, 7) is 0. The van der Waals surface area contributed by atoms with Gasteiger partial charge in [-0.3, -0.25) is 4.79 Å². The molecule has 0 atom stereocenters. The lowest BCUT2D eigenvalue weighted by Gasteiger charge is -1.94. The molecule has 12 heavy (non-hydrogen) atoms. The highest BCUT2D eigenvalue weighted by Gasteiger charge is 1.97. The molecule has 0 unspecified atom stereocenters. The number of fused-ring (bicyclic) bond motifs is 1. The minimum Gasteiger partial charge on any atom is -0.267 e. The molecule has 0 spiro atoms. The molecule has 0 radical (unpaired) electrons. The number of H-pyrrole nitrogens is 1. The van der Waals surface area contributed by atoms with Crippen LogP contribution in [0.5, 0.6) is 0 Å². The van der Waals surface area contributed by atoms with Crippen molar-refractivity contribution < 1.29 is 0 Å². The highest BCUT2D eigenvalue weighted by atomic mass is 35.5. The van der Waals surface area contributed by atoms with Gasteiger partial charge in [0.2, 0.25) is 0 Å². The lowest BCUT2D eigenvalue weighted by molar-refractivity contribution is 1.01. The summed E-state index contributed by atoms with van der Waals surface area (Å²) >= 11 is 5.72. The maximum Gasteiger partial charge on any atom is 0.272 e. The first-order chi connectivity index (χ1) is 5.77. The normalized spacial score (nSPS) is 10.4. The van der Waals surface area contributed by atoms with Crippen molar-refractivity contribution in [2.24, 2.45) is 0 Å². The van der Waals surface area contributed by atoms with Gasteiger partial charge in [0, 0.05) is 10.4 Å². The third kappa shape index (κ3) is 1.08. The van der Waals surface area contributed by atoms with Gasteiger partial charge >= 0.3 is 0 Å². The van der Waals surface area contributed by atoms with Crippen LogP contribution in [-0.4, -0.2) is 10.2 Å². The van der Waals surface area contributed by atoms with Crippen molar-refractivity contribution in [2.75, 3.05) is 0 Å². The molecule has 4 heteroatoms. The molecule has 0 saturated carbocycles. The topological polar surface area (TPSA) is 45.8 Å². The Morgan fingerprint density at radius 2 is 2.25 bits per heavy atom. The van der Waals surface area contributed by atoms with E-state index in [-0.39, 0.29) is 5.56 Å². The van der Waals surface area contributed by atoms with Crippen LogP contribution in [0.2, 0.25) is 5.02 Å². The van der Waals surface area contributed by atoms with Crippen molar-refractivity contribution in [3.63, 3.8) is 0 Å². The fourth-order valence-corrected chi connectivity index (χ4v) is 1.23. The SMILES string of the molecule is O=c1[nH]ncc2ccc(Cl)cc12. The molecule has 0 fully saturated rings. The number of benzene rings is 1. The zero-order chi connectivity index (χ0) is 8.55. The number of rotatable bonds is 0. The van der Waals surface area contributed by atoms with E-state index in [0.717, 1.165) is 5.39 Å². The van der Waals surface area contributed by atoms with Gasteiger partial charge in [0.15, 0.2) is 0 Å². The Morgan fingerprint density at radius 1 is 1.42 bits per heavy atom. The summed E-state index contributed by atoms with van der Waals surface area (Å²) in [5.41, 5.74) is -0.213. The van der Waals surface area contributed by atoms with Crippen LogP contribution in [0.1, 0.15) is 0 Å². The minimum absolute atomic E-state index is 0.213. The van der Waals surface area contributed by atoms with Crippen LogP contribution in [0.3, 0.4) is 0 Å². The molecular formula is C8H5ClN2O. The molecule has 0 aliphatic rings. The van der Waals surface area contributed by atoms with E-state index in [4.69, 9.17) is 11.6 Å². The molecule has 1 aromatic heterocycles. The van der Waals surface area contributed by atoms with Crippen molar-refractivity contribution in [3.05, 3.63) is 39.8 Å². The number of nitrogens with zero attached hydrogens (tertiary/aromatic N) is 1. The van der Waals surface area contributed by atoms with Crippen LogP contribution in [0.4, 0.5) is 0 Å². The summed E-state index contributed by atoms with van der Waals surface area (Å²) in [7, 11) is 0. The Bertz CT molecular complexity index is 478. The zero-order valence-corrected chi connectivity index (χ0v) is 6.80. The van der Waals surface area contributed by atoms with Gasteiger partial charge in [0.1, 0.15) is 0 Å². The van der Waals surface area contributed by atoms with Gasteiger partial charge in [0.25, 0.3) is 5.56 Å². The quantitative estimate of drug-likeness (QED) is 0.669. The fraction of sp³-hybridized carbons (Fsp3) is 0. The maximum absolute atomic E-state index is 11.2. The van der Waals surface area contributed by atoms with Gasteiger partial charge in [-0.15, -0.1) is 0 Å². The van der Waals surface area contributed by atoms with Crippen LogP contribution in [0.15, 0.2) is 29.2 Å². The first kappa shape index (κ1) is 7.31. The highest BCUT2D eigenvalue weighted by Crippen LogP contribution is 2.14. The van der Waals surface area contributed by atoms with E-state index >= 15 is 0 Å². The van der Waals surface area contributed by atoms with E-state index in [1.807, 2.05) is 0 Å². The molecule has 2 aromatic rings. The summed E-state index contributed by atoms with van der Waals surface area (Å²) in [4.78, 5) is 11.2. The predicted octanol–water partition coefficient (Wildman–Crippen LogP) is 1.58. The van der Waals surface area contributed by atoms with Crippen LogP contribution in [0, 0.1) is 0 Å². The average Bonchev–Trinajstić information content (AvgIpc) is 2.07. The summed E-state index contributed by atoms with van der Waals surface area (Å²) in [6, 6.07) is 5.11. The molecule has 0 saturated heterocycles. The first-order valence-electron chi connectivity index (χ1n) is 3.40. The van der Waals surface area contributed by atoms with Crippen molar-refractivity contribution in [1.29, 1.82) is 0 Å². The molecule has 2 rings (SSSR count). The highest BCUT2D eigenvalue weighted by molar-refractivity contribution is 6.31. The Kier molecular flexibility index (Phi) is 1.59. The van der Waals surface area contributed by atoms with E-state index in [1.165, 1.54) is 0 Å².